The predicted molar refractivity (Wildman–Crippen MR) is 80.3 cm³/mol. The maximum atomic E-state index is 12.0. The summed E-state index contributed by atoms with van der Waals surface area (Å²) in [6.07, 6.45) is 3.08. The lowest BCUT2D eigenvalue weighted by molar-refractivity contribution is -0.156. The molecule has 1 saturated carbocycles. The fraction of sp³-hybridized carbons (Fsp3) is 0.733. The number of nitrogens with one attached hydrogen (secondary N) is 2. The Labute approximate surface area is 134 Å². The van der Waals surface area contributed by atoms with Gasteiger partial charge < -0.3 is 15.4 Å². The highest BCUT2D eigenvalue weighted by atomic mass is 16.5. The quantitative estimate of drug-likeness (QED) is 0.559. The van der Waals surface area contributed by atoms with Crippen molar-refractivity contribution < 1.29 is 23.9 Å². The van der Waals surface area contributed by atoms with Crippen LogP contribution in [0, 0.1) is 0 Å². The van der Waals surface area contributed by atoms with Gasteiger partial charge in [-0.15, -0.1) is 0 Å². The van der Waals surface area contributed by atoms with E-state index in [1.807, 2.05) is 0 Å². The minimum Gasteiger partial charge on any atom is -0.451 e. The first-order valence-corrected chi connectivity index (χ1v) is 7.84. The molecule has 0 aromatic carbocycles. The molecule has 1 aliphatic heterocycles. The van der Waals surface area contributed by atoms with E-state index in [4.69, 9.17) is 4.74 Å². The highest BCUT2D eigenvalue weighted by Gasteiger charge is 2.45. The first kappa shape index (κ1) is 17.2. The predicted octanol–water partition coefficient (Wildman–Crippen LogP) is 0.307. The van der Waals surface area contributed by atoms with Crippen LogP contribution in [0.5, 0.6) is 0 Å². The number of amides is 4. The van der Waals surface area contributed by atoms with Gasteiger partial charge >= 0.3 is 12.0 Å². The summed E-state index contributed by atoms with van der Waals surface area (Å²) in [5, 5.41) is 5.31. The zero-order valence-electron chi connectivity index (χ0n) is 13.7. The third-order valence-corrected chi connectivity index (χ3v) is 4.11. The molecular formula is C15H23N3O5. The lowest BCUT2D eigenvalue weighted by Crippen LogP contribution is -2.44. The number of carbonyl (C=O) groups is 4. The Morgan fingerprint density at radius 2 is 1.96 bits per heavy atom. The molecule has 128 valence electrons. The number of urea groups is 1. The zero-order chi connectivity index (χ0) is 17.2. The average Bonchev–Trinajstić information content (AvgIpc) is 3.01. The molecule has 0 bridgehead atoms. The van der Waals surface area contributed by atoms with Crippen LogP contribution in [0.4, 0.5) is 4.79 Å². The van der Waals surface area contributed by atoms with Gasteiger partial charge in [-0.1, -0.05) is 12.8 Å². The Morgan fingerprint density at radius 1 is 1.35 bits per heavy atom. The third kappa shape index (κ3) is 4.00. The van der Waals surface area contributed by atoms with Crippen molar-refractivity contribution in [2.24, 2.45) is 0 Å². The zero-order valence-corrected chi connectivity index (χ0v) is 13.7. The third-order valence-electron chi connectivity index (χ3n) is 4.11. The van der Waals surface area contributed by atoms with Crippen LogP contribution < -0.4 is 10.6 Å². The largest absolute Gasteiger partial charge is 0.451 e. The van der Waals surface area contributed by atoms with E-state index >= 15 is 0 Å². The Bertz CT molecular complexity index is 525. The first-order valence-electron chi connectivity index (χ1n) is 7.84. The summed E-state index contributed by atoms with van der Waals surface area (Å²) >= 11 is 0. The van der Waals surface area contributed by atoms with Crippen molar-refractivity contribution in [2.45, 2.75) is 64.1 Å². The number of esters is 1. The molecular weight excluding hydrogens is 302 g/mol. The van der Waals surface area contributed by atoms with Crippen molar-refractivity contribution in [3.05, 3.63) is 0 Å². The maximum absolute atomic E-state index is 12.0. The molecule has 4 amide bonds. The molecule has 2 rings (SSSR count). The number of hydrogen-bond donors (Lipinski definition) is 2. The van der Waals surface area contributed by atoms with E-state index in [1.54, 1.807) is 13.8 Å². The van der Waals surface area contributed by atoms with Crippen LogP contribution >= 0.6 is 0 Å². The number of imide groups is 1. The van der Waals surface area contributed by atoms with Gasteiger partial charge in [0.05, 0.1) is 0 Å². The van der Waals surface area contributed by atoms with E-state index < -0.39 is 36.1 Å². The number of ether oxygens (including phenoxy) is 1. The van der Waals surface area contributed by atoms with Crippen molar-refractivity contribution in [1.29, 1.82) is 0 Å². The molecule has 1 aliphatic carbocycles. The molecule has 0 spiro atoms. The second kappa shape index (κ2) is 6.55. The van der Waals surface area contributed by atoms with Crippen molar-refractivity contribution >= 4 is 23.8 Å². The van der Waals surface area contributed by atoms with Gasteiger partial charge in [0.15, 0.2) is 6.10 Å². The highest BCUT2D eigenvalue weighted by molar-refractivity contribution is 6.08. The van der Waals surface area contributed by atoms with Crippen LogP contribution in [0.3, 0.4) is 0 Å². The fourth-order valence-electron chi connectivity index (χ4n) is 2.77. The normalized spacial score (nSPS) is 22.0. The second-order valence-corrected chi connectivity index (χ2v) is 6.57. The molecule has 0 radical (unpaired) electrons. The van der Waals surface area contributed by atoms with Crippen LogP contribution in [0.25, 0.3) is 0 Å². The van der Waals surface area contributed by atoms with Gasteiger partial charge in [-0.05, 0) is 33.6 Å². The second-order valence-electron chi connectivity index (χ2n) is 6.57. The lowest BCUT2D eigenvalue weighted by Gasteiger charge is -2.19. The first-order chi connectivity index (χ1) is 10.7. The molecule has 1 atom stereocenters. The Kier molecular flexibility index (Phi) is 4.91. The SMILES string of the molecule is C[C@H](OC(=O)CN1C(=O)NC(C)(C)C1=O)C(=O)NC1CCCC1. The molecule has 1 heterocycles. The van der Waals surface area contributed by atoms with Crippen molar-refractivity contribution in [3.63, 3.8) is 0 Å². The fourth-order valence-corrected chi connectivity index (χ4v) is 2.77. The van der Waals surface area contributed by atoms with E-state index in [2.05, 4.69) is 10.6 Å². The van der Waals surface area contributed by atoms with Gasteiger partial charge in [-0.25, -0.2) is 4.79 Å². The Morgan fingerprint density at radius 3 is 2.48 bits per heavy atom. The molecule has 1 saturated heterocycles. The number of hydrogen-bond acceptors (Lipinski definition) is 5. The molecule has 0 unspecified atom stereocenters. The number of carbonyl (C=O) groups excluding carboxylic acids is 4. The minimum atomic E-state index is -1.04. The molecule has 0 aromatic heterocycles. The number of rotatable bonds is 5. The highest BCUT2D eigenvalue weighted by Crippen LogP contribution is 2.18. The minimum absolute atomic E-state index is 0.135. The molecule has 23 heavy (non-hydrogen) atoms. The van der Waals surface area contributed by atoms with Crippen molar-refractivity contribution in [3.8, 4) is 0 Å². The molecule has 8 nitrogen and oxygen atoms in total. The summed E-state index contributed by atoms with van der Waals surface area (Å²) in [6, 6.07) is -0.504. The smallest absolute Gasteiger partial charge is 0.327 e. The molecule has 0 aromatic rings. The van der Waals surface area contributed by atoms with Crippen LogP contribution in [0.2, 0.25) is 0 Å². The molecule has 8 heteroatoms. The van der Waals surface area contributed by atoms with Crippen LogP contribution in [0.15, 0.2) is 0 Å². The number of nitrogens with zero attached hydrogens (tertiary/aromatic N) is 1. The standard InChI is InChI=1S/C15H23N3O5/c1-9(12(20)16-10-6-4-5-7-10)23-11(19)8-18-13(21)15(2,3)17-14(18)22/h9-10H,4-8H2,1-3H3,(H,16,20)(H,17,22)/t9-/m0/s1. The summed E-state index contributed by atoms with van der Waals surface area (Å²) < 4.78 is 5.02. The Balaban J connectivity index is 1.83. The molecule has 2 aliphatic rings. The van der Waals surface area contributed by atoms with Crippen LogP contribution in [-0.4, -0.2) is 52.9 Å². The van der Waals surface area contributed by atoms with Gasteiger partial charge in [-0.3, -0.25) is 19.3 Å². The monoisotopic (exact) mass is 325 g/mol. The van der Waals surface area contributed by atoms with Gasteiger partial charge in [0.25, 0.3) is 11.8 Å². The van der Waals surface area contributed by atoms with Crippen molar-refractivity contribution in [2.75, 3.05) is 6.54 Å². The summed E-state index contributed by atoms with van der Waals surface area (Å²) in [5.41, 5.74) is -1.04. The average molecular weight is 325 g/mol. The summed E-state index contributed by atoms with van der Waals surface area (Å²) in [6.45, 7) is 4.07. The van der Waals surface area contributed by atoms with E-state index in [9.17, 15) is 19.2 Å². The summed E-state index contributed by atoms with van der Waals surface area (Å²) in [7, 11) is 0. The Hall–Kier alpha value is -2.12. The topological polar surface area (TPSA) is 105 Å². The molecule has 2 fully saturated rings. The molecule has 2 N–H and O–H groups in total. The van der Waals surface area contributed by atoms with E-state index in [0.717, 1.165) is 30.6 Å². The van der Waals surface area contributed by atoms with Crippen LogP contribution in [-0.2, 0) is 19.1 Å². The summed E-state index contributed by atoms with van der Waals surface area (Å²) in [5.74, 6) is -1.65. The summed E-state index contributed by atoms with van der Waals surface area (Å²) in [4.78, 5) is 48.3. The van der Waals surface area contributed by atoms with E-state index in [1.165, 1.54) is 6.92 Å². The van der Waals surface area contributed by atoms with Crippen LogP contribution in [0.1, 0.15) is 46.5 Å². The van der Waals surface area contributed by atoms with Gasteiger partial charge in [0.1, 0.15) is 12.1 Å². The van der Waals surface area contributed by atoms with Gasteiger partial charge in [0.2, 0.25) is 0 Å². The van der Waals surface area contributed by atoms with E-state index in [0.29, 0.717) is 0 Å². The van der Waals surface area contributed by atoms with Gasteiger partial charge in [0, 0.05) is 6.04 Å². The van der Waals surface area contributed by atoms with Gasteiger partial charge in [-0.2, -0.15) is 0 Å². The lowest BCUT2D eigenvalue weighted by atomic mass is 10.1. The maximum Gasteiger partial charge on any atom is 0.327 e. The van der Waals surface area contributed by atoms with Crippen molar-refractivity contribution in [1.82, 2.24) is 15.5 Å². The van der Waals surface area contributed by atoms with E-state index in [-0.39, 0.29) is 11.9 Å².